The van der Waals surface area contributed by atoms with Gasteiger partial charge >= 0.3 is 0 Å². The standard InChI is InChI=1S/C19H25F3/c1-12-2-4-13(5-3-12)14-6-8-15(9-7-14)16-10-11-17(20)19(22)18(16)21/h10-15H,2-9H2,1H3. The van der Waals surface area contributed by atoms with E-state index in [0.717, 1.165) is 49.5 Å². The molecule has 0 N–H and O–H groups in total. The quantitative estimate of drug-likeness (QED) is 0.570. The summed E-state index contributed by atoms with van der Waals surface area (Å²) >= 11 is 0. The molecule has 3 heteroatoms. The zero-order valence-corrected chi connectivity index (χ0v) is 13.3. The van der Waals surface area contributed by atoms with Gasteiger partial charge in [-0.05, 0) is 73.8 Å². The van der Waals surface area contributed by atoms with Crippen LogP contribution in [0.3, 0.4) is 0 Å². The van der Waals surface area contributed by atoms with Crippen molar-refractivity contribution in [1.82, 2.24) is 0 Å². The van der Waals surface area contributed by atoms with Crippen LogP contribution in [0.2, 0.25) is 0 Å². The maximum Gasteiger partial charge on any atom is 0.194 e. The summed E-state index contributed by atoms with van der Waals surface area (Å²) in [4.78, 5) is 0. The molecule has 3 rings (SSSR count). The second kappa shape index (κ2) is 6.64. The number of rotatable bonds is 2. The van der Waals surface area contributed by atoms with Crippen LogP contribution in [0.4, 0.5) is 13.2 Å². The van der Waals surface area contributed by atoms with Crippen molar-refractivity contribution in [2.75, 3.05) is 0 Å². The summed E-state index contributed by atoms with van der Waals surface area (Å²) in [6.45, 7) is 2.33. The summed E-state index contributed by atoms with van der Waals surface area (Å²) in [5.41, 5.74) is 0.370. The van der Waals surface area contributed by atoms with Crippen LogP contribution in [-0.4, -0.2) is 0 Å². The SMILES string of the molecule is CC1CCC(C2CCC(c3ccc(F)c(F)c3F)CC2)CC1. The normalized spacial score (nSPS) is 32.9. The Morgan fingerprint density at radius 3 is 1.86 bits per heavy atom. The molecule has 22 heavy (non-hydrogen) atoms. The summed E-state index contributed by atoms with van der Waals surface area (Å²) < 4.78 is 40.4. The third-order valence-electron chi connectivity index (χ3n) is 6.00. The highest BCUT2D eigenvalue weighted by molar-refractivity contribution is 5.24. The van der Waals surface area contributed by atoms with Gasteiger partial charge in [0.15, 0.2) is 17.5 Å². The lowest BCUT2D eigenvalue weighted by atomic mass is 9.68. The third kappa shape index (κ3) is 3.18. The summed E-state index contributed by atoms with van der Waals surface area (Å²) in [6.07, 6.45) is 9.33. The van der Waals surface area contributed by atoms with E-state index in [1.165, 1.54) is 31.7 Å². The summed E-state index contributed by atoms with van der Waals surface area (Å²) in [6, 6.07) is 2.49. The predicted octanol–water partition coefficient (Wildman–Crippen LogP) is 6.20. The molecule has 0 heterocycles. The fourth-order valence-corrected chi connectivity index (χ4v) is 4.52. The van der Waals surface area contributed by atoms with Crippen molar-refractivity contribution in [1.29, 1.82) is 0 Å². The van der Waals surface area contributed by atoms with Crippen LogP contribution in [0.1, 0.15) is 69.8 Å². The van der Waals surface area contributed by atoms with E-state index in [0.29, 0.717) is 5.56 Å². The minimum atomic E-state index is -1.32. The Balaban J connectivity index is 1.61. The van der Waals surface area contributed by atoms with Crippen LogP contribution in [0.15, 0.2) is 12.1 Å². The molecule has 0 spiro atoms. The summed E-state index contributed by atoms with van der Waals surface area (Å²) in [7, 11) is 0. The molecule has 1 aromatic rings. The molecule has 2 aliphatic rings. The number of hydrogen-bond donors (Lipinski definition) is 0. The van der Waals surface area contributed by atoms with Crippen LogP contribution >= 0.6 is 0 Å². The first-order chi connectivity index (χ1) is 10.6. The van der Waals surface area contributed by atoms with Gasteiger partial charge in [0.1, 0.15) is 0 Å². The van der Waals surface area contributed by atoms with Gasteiger partial charge in [-0.1, -0.05) is 25.8 Å². The highest BCUT2D eigenvalue weighted by atomic mass is 19.2. The van der Waals surface area contributed by atoms with Gasteiger partial charge in [0.05, 0.1) is 0 Å². The molecule has 0 aromatic heterocycles. The lowest BCUT2D eigenvalue weighted by molar-refractivity contribution is 0.164. The van der Waals surface area contributed by atoms with Crippen LogP contribution < -0.4 is 0 Å². The number of benzene rings is 1. The molecule has 0 radical (unpaired) electrons. The minimum absolute atomic E-state index is 0.0499. The Morgan fingerprint density at radius 2 is 1.27 bits per heavy atom. The van der Waals surface area contributed by atoms with Gasteiger partial charge in [-0.25, -0.2) is 13.2 Å². The van der Waals surface area contributed by atoms with Gasteiger partial charge in [-0.2, -0.15) is 0 Å². The van der Waals surface area contributed by atoms with Gasteiger partial charge in [-0.15, -0.1) is 0 Å². The van der Waals surface area contributed by atoms with E-state index in [1.54, 1.807) is 0 Å². The molecule has 0 amide bonds. The van der Waals surface area contributed by atoms with Crippen molar-refractivity contribution in [3.8, 4) is 0 Å². The molecule has 2 saturated carbocycles. The average Bonchev–Trinajstić information content (AvgIpc) is 2.54. The van der Waals surface area contributed by atoms with Crippen LogP contribution in [0, 0.1) is 35.2 Å². The molecule has 0 saturated heterocycles. The third-order valence-corrected chi connectivity index (χ3v) is 6.00. The fraction of sp³-hybridized carbons (Fsp3) is 0.684. The second-order valence-corrected chi connectivity index (χ2v) is 7.40. The first kappa shape index (κ1) is 15.9. The van der Waals surface area contributed by atoms with Crippen LogP contribution in [0.25, 0.3) is 0 Å². The molecule has 0 bridgehead atoms. The molecule has 0 aliphatic heterocycles. The minimum Gasteiger partial charge on any atom is -0.204 e. The Labute approximate surface area is 131 Å². The molecular formula is C19H25F3. The van der Waals surface area contributed by atoms with E-state index in [-0.39, 0.29) is 5.92 Å². The zero-order chi connectivity index (χ0) is 15.7. The summed E-state index contributed by atoms with van der Waals surface area (Å²) in [5, 5.41) is 0. The topological polar surface area (TPSA) is 0 Å². The highest BCUT2D eigenvalue weighted by Gasteiger charge is 2.31. The van der Waals surface area contributed by atoms with E-state index in [4.69, 9.17) is 0 Å². The van der Waals surface area contributed by atoms with Gasteiger partial charge in [0, 0.05) is 0 Å². The predicted molar refractivity (Wildman–Crippen MR) is 82.1 cm³/mol. The number of hydrogen-bond acceptors (Lipinski definition) is 0. The Kier molecular flexibility index (Phi) is 4.79. The molecule has 2 fully saturated rings. The first-order valence-corrected chi connectivity index (χ1v) is 8.69. The van der Waals surface area contributed by atoms with Crippen molar-refractivity contribution in [3.05, 3.63) is 35.1 Å². The second-order valence-electron chi connectivity index (χ2n) is 7.40. The van der Waals surface area contributed by atoms with E-state index >= 15 is 0 Å². The maximum absolute atomic E-state index is 13.9. The number of halogens is 3. The molecule has 1 aromatic carbocycles. The maximum atomic E-state index is 13.9. The van der Waals surface area contributed by atoms with E-state index < -0.39 is 17.5 Å². The van der Waals surface area contributed by atoms with Gasteiger partial charge < -0.3 is 0 Å². The van der Waals surface area contributed by atoms with Gasteiger partial charge in [0.25, 0.3) is 0 Å². The Hall–Kier alpha value is -0.990. The van der Waals surface area contributed by atoms with E-state index in [2.05, 4.69) is 6.92 Å². The lowest BCUT2D eigenvalue weighted by Gasteiger charge is -2.37. The molecular weight excluding hydrogens is 285 g/mol. The fourth-order valence-electron chi connectivity index (χ4n) is 4.52. The smallest absolute Gasteiger partial charge is 0.194 e. The zero-order valence-electron chi connectivity index (χ0n) is 13.3. The lowest BCUT2D eigenvalue weighted by Crippen LogP contribution is -2.25. The van der Waals surface area contributed by atoms with Gasteiger partial charge in [-0.3, -0.25) is 0 Å². The highest BCUT2D eigenvalue weighted by Crippen LogP contribution is 2.44. The molecule has 0 nitrogen and oxygen atoms in total. The average molecular weight is 310 g/mol. The van der Waals surface area contributed by atoms with Crippen molar-refractivity contribution < 1.29 is 13.2 Å². The van der Waals surface area contributed by atoms with Crippen molar-refractivity contribution in [3.63, 3.8) is 0 Å². The molecule has 0 atom stereocenters. The van der Waals surface area contributed by atoms with E-state index in [1.807, 2.05) is 0 Å². The Morgan fingerprint density at radius 1 is 0.727 bits per heavy atom. The summed E-state index contributed by atoms with van der Waals surface area (Å²) in [5.74, 6) is -0.899. The monoisotopic (exact) mass is 310 g/mol. The first-order valence-electron chi connectivity index (χ1n) is 8.69. The van der Waals surface area contributed by atoms with E-state index in [9.17, 15) is 13.2 Å². The van der Waals surface area contributed by atoms with Crippen LogP contribution in [-0.2, 0) is 0 Å². The van der Waals surface area contributed by atoms with Crippen molar-refractivity contribution in [2.24, 2.45) is 17.8 Å². The van der Waals surface area contributed by atoms with Crippen molar-refractivity contribution in [2.45, 2.75) is 64.2 Å². The van der Waals surface area contributed by atoms with Crippen molar-refractivity contribution >= 4 is 0 Å². The Bertz CT molecular complexity index is 510. The molecule has 0 unspecified atom stereocenters. The molecule has 122 valence electrons. The largest absolute Gasteiger partial charge is 0.204 e. The van der Waals surface area contributed by atoms with Crippen LogP contribution in [0.5, 0.6) is 0 Å². The van der Waals surface area contributed by atoms with Gasteiger partial charge in [0.2, 0.25) is 0 Å². The molecule has 2 aliphatic carbocycles.